The van der Waals surface area contributed by atoms with E-state index in [1.54, 1.807) is 0 Å². The number of halogens is 2. The minimum atomic E-state index is -1.07. The Kier molecular flexibility index (Phi) is 3.99. The highest BCUT2D eigenvalue weighted by Crippen LogP contribution is 2.23. The number of carbonyl (C=O) groups excluding carboxylic acids is 1. The molecule has 0 saturated heterocycles. The Bertz CT molecular complexity index is 400. The number of rotatable bonds is 4. The van der Waals surface area contributed by atoms with Gasteiger partial charge in [0.25, 0.3) is 0 Å². The van der Waals surface area contributed by atoms with Crippen LogP contribution in [0.5, 0.6) is 5.75 Å². The molecule has 0 amide bonds. The number of carbonyl (C=O) groups is 1. The van der Waals surface area contributed by atoms with Gasteiger partial charge in [0.05, 0.1) is 7.11 Å². The lowest BCUT2D eigenvalue weighted by Crippen LogP contribution is -2.05. The molecule has 0 N–H and O–H groups in total. The number of methoxy groups -OCH3 is 1. The molecule has 2 nitrogen and oxygen atoms in total. The first-order valence-electron chi connectivity index (χ1n) is 5.02. The van der Waals surface area contributed by atoms with Crippen molar-refractivity contribution in [2.45, 2.75) is 20.3 Å². The third-order valence-corrected chi connectivity index (χ3v) is 2.13. The summed E-state index contributed by atoms with van der Waals surface area (Å²) in [7, 11) is 1.23. The first-order chi connectivity index (χ1) is 7.45. The highest BCUT2D eigenvalue weighted by Gasteiger charge is 2.16. The first kappa shape index (κ1) is 12.6. The van der Waals surface area contributed by atoms with Crippen molar-refractivity contribution >= 4 is 5.78 Å². The zero-order valence-electron chi connectivity index (χ0n) is 9.51. The highest BCUT2D eigenvalue weighted by atomic mass is 19.2. The smallest absolute Gasteiger partial charge is 0.200 e. The Labute approximate surface area is 93.2 Å². The van der Waals surface area contributed by atoms with Crippen molar-refractivity contribution in [3.8, 4) is 5.75 Å². The third-order valence-electron chi connectivity index (χ3n) is 2.13. The van der Waals surface area contributed by atoms with Gasteiger partial charge in [-0.25, -0.2) is 4.39 Å². The van der Waals surface area contributed by atoms with Gasteiger partial charge in [0.2, 0.25) is 5.82 Å². The van der Waals surface area contributed by atoms with Crippen LogP contribution in [-0.4, -0.2) is 12.9 Å². The van der Waals surface area contributed by atoms with Gasteiger partial charge in [0.1, 0.15) is 0 Å². The van der Waals surface area contributed by atoms with Crippen LogP contribution in [0.2, 0.25) is 0 Å². The van der Waals surface area contributed by atoms with Gasteiger partial charge < -0.3 is 4.74 Å². The van der Waals surface area contributed by atoms with Crippen LogP contribution in [0, 0.1) is 17.6 Å². The predicted octanol–water partition coefficient (Wildman–Crippen LogP) is 3.20. The average molecular weight is 228 g/mol. The summed E-state index contributed by atoms with van der Waals surface area (Å²) in [6.45, 7) is 3.77. The molecule has 0 radical (unpaired) electrons. The Morgan fingerprint density at radius 2 is 2.00 bits per heavy atom. The molecule has 1 aromatic rings. The summed E-state index contributed by atoms with van der Waals surface area (Å²) in [5.41, 5.74) is 0.143. The van der Waals surface area contributed by atoms with Crippen molar-refractivity contribution in [3.05, 3.63) is 29.3 Å². The summed E-state index contributed by atoms with van der Waals surface area (Å²) in [5.74, 6) is -2.42. The van der Waals surface area contributed by atoms with E-state index in [2.05, 4.69) is 4.74 Å². The van der Waals surface area contributed by atoms with Crippen molar-refractivity contribution in [1.29, 1.82) is 0 Å². The van der Waals surface area contributed by atoms with Crippen molar-refractivity contribution in [3.63, 3.8) is 0 Å². The van der Waals surface area contributed by atoms with Crippen molar-refractivity contribution in [2.24, 2.45) is 5.92 Å². The molecule has 0 aromatic heterocycles. The molecule has 0 unspecified atom stereocenters. The van der Waals surface area contributed by atoms with Crippen LogP contribution in [0.15, 0.2) is 12.1 Å². The Balaban J connectivity index is 3.06. The predicted molar refractivity (Wildman–Crippen MR) is 56.7 cm³/mol. The molecule has 0 aliphatic heterocycles. The van der Waals surface area contributed by atoms with Crippen LogP contribution < -0.4 is 4.74 Å². The number of ketones is 1. The van der Waals surface area contributed by atoms with Gasteiger partial charge in [-0.2, -0.15) is 4.39 Å². The molecule has 1 aromatic carbocycles. The summed E-state index contributed by atoms with van der Waals surface area (Å²) in [6.07, 6.45) is 0.300. The summed E-state index contributed by atoms with van der Waals surface area (Å²) in [4.78, 5) is 11.6. The van der Waals surface area contributed by atoms with E-state index in [1.807, 2.05) is 13.8 Å². The molecular formula is C12H14F2O2. The zero-order chi connectivity index (χ0) is 12.3. The van der Waals surface area contributed by atoms with Gasteiger partial charge in [-0.1, -0.05) is 13.8 Å². The third kappa shape index (κ3) is 2.78. The zero-order valence-corrected chi connectivity index (χ0v) is 9.51. The SMILES string of the molecule is COc1cc(C(=O)CC(C)C)cc(F)c1F. The van der Waals surface area contributed by atoms with Gasteiger partial charge in [-0.05, 0) is 18.1 Å². The molecule has 1 rings (SSSR count). The van der Waals surface area contributed by atoms with Crippen LogP contribution in [0.3, 0.4) is 0 Å². The van der Waals surface area contributed by atoms with Crippen LogP contribution >= 0.6 is 0 Å². The summed E-state index contributed by atoms with van der Waals surface area (Å²) in [5, 5.41) is 0. The molecular weight excluding hydrogens is 214 g/mol. The maximum Gasteiger partial charge on any atom is 0.200 e. The van der Waals surface area contributed by atoms with Crippen molar-refractivity contribution < 1.29 is 18.3 Å². The van der Waals surface area contributed by atoms with Crippen LogP contribution in [0.25, 0.3) is 0 Å². The largest absolute Gasteiger partial charge is 0.494 e. The molecule has 0 saturated carbocycles. The number of hydrogen-bond donors (Lipinski definition) is 0. The van der Waals surface area contributed by atoms with Crippen molar-refractivity contribution in [1.82, 2.24) is 0 Å². The second-order valence-corrected chi connectivity index (χ2v) is 4.00. The van der Waals surface area contributed by atoms with E-state index in [9.17, 15) is 13.6 Å². The topological polar surface area (TPSA) is 26.3 Å². The van der Waals surface area contributed by atoms with E-state index in [0.29, 0.717) is 6.42 Å². The van der Waals surface area contributed by atoms with Crippen LogP contribution in [0.4, 0.5) is 8.78 Å². The molecule has 88 valence electrons. The quantitative estimate of drug-likeness (QED) is 0.740. The van der Waals surface area contributed by atoms with Gasteiger partial charge in [0.15, 0.2) is 17.3 Å². The second kappa shape index (κ2) is 5.05. The lowest BCUT2D eigenvalue weighted by atomic mass is 10.0. The minimum absolute atomic E-state index is 0.143. The maximum atomic E-state index is 13.1. The number of Topliss-reactive ketones (excluding diaryl/α,β-unsaturated/α-hetero) is 1. The molecule has 0 spiro atoms. The van der Waals surface area contributed by atoms with Gasteiger partial charge in [-0.15, -0.1) is 0 Å². The summed E-state index contributed by atoms with van der Waals surface area (Å²) in [6, 6.07) is 2.13. The Morgan fingerprint density at radius 1 is 1.38 bits per heavy atom. The molecule has 16 heavy (non-hydrogen) atoms. The number of hydrogen-bond acceptors (Lipinski definition) is 2. The molecule has 4 heteroatoms. The average Bonchev–Trinajstić information content (AvgIpc) is 2.20. The Morgan fingerprint density at radius 3 is 2.50 bits per heavy atom. The van der Waals surface area contributed by atoms with E-state index < -0.39 is 11.6 Å². The van der Waals surface area contributed by atoms with Crippen molar-refractivity contribution in [2.75, 3.05) is 7.11 Å². The van der Waals surface area contributed by atoms with E-state index in [0.717, 1.165) is 6.07 Å². The van der Waals surface area contributed by atoms with Crippen LogP contribution in [0.1, 0.15) is 30.6 Å². The van der Waals surface area contributed by atoms with E-state index in [1.165, 1.54) is 13.2 Å². The molecule has 0 aliphatic carbocycles. The second-order valence-electron chi connectivity index (χ2n) is 4.00. The molecule has 0 aliphatic rings. The molecule has 0 bridgehead atoms. The summed E-state index contributed by atoms with van der Waals surface area (Å²) < 4.78 is 30.9. The fourth-order valence-corrected chi connectivity index (χ4v) is 1.36. The van der Waals surface area contributed by atoms with E-state index in [4.69, 9.17) is 0 Å². The van der Waals surface area contributed by atoms with E-state index in [-0.39, 0.29) is 23.0 Å². The van der Waals surface area contributed by atoms with Gasteiger partial charge >= 0.3 is 0 Å². The minimum Gasteiger partial charge on any atom is -0.494 e. The Hall–Kier alpha value is -1.45. The lowest BCUT2D eigenvalue weighted by Gasteiger charge is -2.07. The van der Waals surface area contributed by atoms with Crippen LogP contribution in [-0.2, 0) is 0 Å². The summed E-state index contributed by atoms with van der Waals surface area (Å²) >= 11 is 0. The fourth-order valence-electron chi connectivity index (χ4n) is 1.36. The molecule has 0 heterocycles. The van der Waals surface area contributed by atoms with E-state index >= 15 is 0 Å². The first-order valence-corrected chi connectivity index (χ1v) is 5.02. The fraction of sp³-hybridized carbons (Fsp3) is 0.417. The van der Waals surface area contributed by atoms with Gasteiger partial charge in [-0.3, -0.25) is 4.79 Å². The molecule has 0 atom stereocenters. The lowest BCUT2D eigenvalue weighted by molar-refractivity contribution is 0.0967. The standard InChI is InChI=1S/C12H14F2O2/c1-7(2)4-10(15)8-5-9(13)12(14)11(6-8)16-3/h5-7H,4H2,1-3H3. The number of benzene rings is 1. The van der Waals surface area contributed by atoms with Gasteiger partial charge in [0, 0.05) is 12.0 Å². The normalized spacial score (nSPS) is 10.6. The maximum absolute atomic E-state index is 13.1. The highest BCUT2D eigenvalue weighted by molar-refractivity contribution is 5.96. The molecule has 0 fully saturated rings. The number of ether oxygens (including phenoxy) is 1. The monoisotopic (exact) mass is 228 g/mol.